The molecule has 7 aromatic rings. The SMILES string of the molecule is Clc1cc(-c2cc(-c3ccc(-c4ccccc4)cc3)nc(-c3ccccc3)n2)c2sc3ccccc3c2c1. The zero-order chi connectivity index (χ0) is 25.5. The lowest BCUT2D eigenvalue weighted by atomic mass is 10.0. The third-order valence-corrected chi connectivity index (χ3v) is 8.20. The molecule has 38 heavy (non-hydrogen) atoms. The quantitative estimate of drug-likeness (QED) is 0.229. The molecule has 0 spiro atoms. The lowest BCUT2D eigenvalue weighted by Crippen LogP contribution is -1.96. The first-order chi connectivity index (χ1) is 18.7. The van der Waals surface area contributed by atoms with E-state index in [-0.39, 0.29) is 0 Å². The van der Waals surface area contributed by atoms with E-state index in [1.807, 2.05) is 42.5 Å². The number of aromatic nitrogens is 2. The Balaban J connectivity index is 1.43. The minimum absolute atomic E-state index is 0.694. The van der Waals surface area contributed by atoms with E-state index < -0.39 is 0 Å². The van der Waals surface area contributed by atoms with Gasteiger partial charge in [-0.15, -0.1) is 11.3 Å². The topological polar surface area (TPSA) is 25.8 Å². The van der Waals surface area contributed by atoms with Crippen LogP contribution in [0.5, 0.6) is 0 Å². The van der Waals surface area contributed by atoms with Gasteiger partial charge in [-0.3, -0.25) is 0 Å². The molecule has 0 aliphatic carbocycles. The Morgan fingerprint density at radius 2 is 1.11 bits per heavy atom. The molecule has 7 rings (SSSR count). The molecule has 0 fully saturated rings. The van der Waals surface area contributed by atoms with Crippen LogP contribution in [0.1, 0.15) is 0 Å². The maximum atomic E-state index is 6.68. The first kappa shape index (κ1) is 22.9. The van der Waals surface area contributed by atoms with E-state index >= 15 is 0 Å². The number of hydrogen-bond donors (Lipinski definition) is 0. The third-order valence-electron chi connectivity index (χ3n) is 6.76. The van der Waals surface area contributed by atoms with Crippen molar-refractivity contribution in [2.24, 2.45) is 0 Å². The molecule has 0 saturated carbocycles. The maximum absolute atomic E-state index is 6.68. The van der Waals surface area contributed by atoms with Crippen LogP contribution in [0.15, 0.2) is 127 Å². The third kappa shape index (κ3) is 4.16. The summed E-state index contributed by atoms with van der Waals surface area (Å²) >= 11 is 8.46. The highest BCUT2D eigenvalue weighted by Gasteiger charge is 2.16. The van der Waals surface area contributed by atoms with Crippen molar-refractivity contribution in [3.05, 3.63) is 132 Å². The molecule has 0 aliphatic rings. The van der Waals surface area contributed by atoms with Crippen molar-refractivity contribution >= 4 is 43.1 Å². The molecule has 2 aromatic heterocycles. The summed E-state index contributed by atoms with van der Waals surface area (Å²) in [6, 6.07) is 43.8. The van der Waals surface area contributed by atoms with Gasteiger partial charge in [0.2, 0.25) is 0 Å². The number of rotatable bonds is 4. The molecule has 2 nitrogen and oxygen atoms in total. The molecule has 0 radical (unpaired) electrons. The zero-order valence-electron chi connectivity index (χ0n) is 20.3. The normalized spacial score (nSPS) is 11.3. The van der Waals surface area contributed by atoms with Crippen LogP contribution in [0, 0.1) is 0 Å². The van der Waals surface area contributed by atoms with Gasteiger partial charge in [0, 0.05) is 41.9 Å². The van der Waals surface area contributed by atoms with Gasteiger partial charge in [-0.2, -0.15) is 0 Å². The number of hydrogen-bond acceptors (Lipinski definition) is 3. The molecule has 0 N–H and O–H groups in total. The van der Waals surface area contributed by atoms with Crippen LogP contribution in [-0.2, 0) is 0 Å². The van der Waals surface area contributed by atoms with Gasteiger partial charge in [0.15, 0.2) is 5.82 Å². The van der Waals surface area contributed by atoms with Crippen LogP contribution in [0.3, 0.4) is 0 Å². The summed E-state index contributed by atoms with van der Waals surface area (Å²) in [5.74, 6) is 0.694. The average molecular weight is 525 g/mol. The monoisotopic (exact) mass is 524 g/mol. The summed E-state index contributed by atoms with van der Waals surface area (Å²) < 4.78 is 2.42. The Morgan fingerprint density at radius 3 is 1.87 bits per heavy atom. The minimum atomic E-state index is 0.694. The van der Waals surface area contributed by atoms with Gasteiger partial charge in [0.25, 0.3) is 0 Å². The van der Waals surface area contributed by atoms with Crippen LogP contribution in [-0.4, -0.2) is 9.97 Å². The molecule has 180 valence electrons. The second kappa shape index (κ2) is 9.53. The van der Waals surface area contributed by atoms with Crippen molar-refractivity contribution in [1.82, 2.24) is 9.97 Å². The lowest BCUT2D eigenvalue weighted by molar-refractivity contribution is 1.19. The van der Waals surface area contributed by atoms with Crippen molar-refractivity contribution < 1.29 is 0 Å². The molecule has 0 aliphatic heterocycles. The predicted octanol–water partition coefficient (Wildman–Crippen LogP) is 10.2. The Kier molecular flexibility index (Phi) is 5.73. The molecule has 5 aromatic carbocycles. The smallest absolute Gasteiger partial charge is 0.160 e. The van der Waals surface area contributed by atoms with Crippen LogP contribution in [0.25, 0.3) is 65.2 Å². The second-order valence-corrected chi connectivity index (χ2v) is 10.7. The Morgan fingerprint density at radius 1 is 0.500 bits per heavy atom. The summed E-state index contributed by atoms with van der Waals surface area (Å²) in [6.45, 7) is 0. The summed E-state index contributed by atoms with van der Waals surface area (Å²) in [6.07, 6.45) is 0. The average Bonchev–Trinajstić information content (AvgIpc) is 3.36. The Labute approximate surface area is 229 Å². The van der Waals surface area contributed by atoms with E-state index in [2.05, 4.69) is 84.9 Å². The van der Waals surface area contributed by atoms with Crippen LogP contribution in [0.4, 0.5) is 0 Å². The molecule has 0 bridgehead atoms. The van der Waals surface area contributed by atoms with Gasteiger partial charge in [0.1, 0.15) is 0 Å². The van der Waals surface area contributed by atoms with E-state index in [0.29, 0.717) is 10.8 Å². The van der Waals surface area contributed by atoms with Crippen molar-refractivity contribution in [2.75, 3.05) is 0 Å². The van der Waals surface area contributed by atoms with Gasteiger partial charge in [0.05, 0.1) is 11.4 Å². The molecule has 0 atom stereocenters. The van der Waals surface area contributed by atoms with Gasteiger partial charge >= 0.3 is 0 Å². The fourth-order valence-electron chi connectivity index (χ4n) is 4.90. The molecule has 4 heteroatoms. The number of benzene rings is 5. The van der Waals surface area contributed by atoms with Gasteiger partial charge in [-0.25, -0.2) is 9.97 Å². The second-order valence-electron chi connectivity index (χ2n) is 9.20. The van der Waals surface area contributed by atoms with Crippen LogP contribution < -0.4 is 0 Å². The molecule has 2 heterocycles. The molecule has 0 amide bonds. The largest absolute Gasteiger partial charge is 0.228 e. The highest BCUT2D eigenvalue weighted by Crippen LogP contribution is 2.42. The van der Waals surface area contributed by atoms with Crippen molar-refractivity contribution in [2.45, 2.75) is 0 Å². The van der Waals surface area contributed by atoms with E-state index in [1.54, 1.807) is 11.3 Å². The van der Waals surface area contributed by atoms with Gasteiger partial charge in [-0.05, 0) is 35.4 Å². The van der Waals surface area contributed by atoms with Crippen LogP contribution >= 0.6 is 22.9 Å². The van der Waals surface area contributed by atoms with E-state index in [9.17, 15) is 0 Å². The number of halogens is 1. The van der Waals surface area contributed by atoms with Gasteiger partial charge in [-0.1, -0.05) is 115 Å². The van der Waals surface area contributed by atoms with Crippen LogP contribution in [0.2, 0.25) is 5.02 Å². The van der Waals surface area contributed by atoms with E-state index in [4.69, 9.17) is 21.6 Å². The zero-order valence-corrected chi connectivity index (χ0v) is 21.9. The molecule has 0 unspecified atom stereocenters. The van der Waals surface area contributed by atoms with Crippen molar-refractivity contribution in [3.63, 3.8) is 0 Å². The Hall–Kier alpha value is -4.31. The minimum Gasteiger partial charge on any atom is -0.228 e. The summed E-state index contributed by atoms with van der Waals surface area (Å²) in [4.78, 5) is 10.1. The summed E-state index contributed by atoms with van der Waals surface area (Å²) in [7, 11) is 0. The molecular formula is C34H21ClN2S. The maximum Gasteiger partial charge on any atom is 0.160 e. The first-order valence-electron chi connectivity index (χ1n) is 12.4. The Bertz CT molecular complexity index is 1910. The fraction of sp³-hybridized carbons (Fsp3) is 0. The van der Waals surface area contributed by atoms with E-state index in [0.717, 1.165) is 33.5 Å². The highest BCUT2D eigenvalue weighted by molar-refractivity contribution is 7.26. The van der Waals surface area contributed by atoms with Gasteiger partial charge < -0.3 is 0 Å². The number of fused-ring (bicyclic) bond motifs is 3. The molecule has 0 saturated heterocycles. The lowest BCUT2D eigenvalue weighted by Gasteiger charge is -2.11. The summed E-state index contributed by atoms with van der Waals surface area (Å²) in [5.41, 5.74) is 7.15. The van der Waals surface area contributed by atoms with E-state index in [1.165, 1.54) is 25.9 Å². The standard InChI is InChI=1S/C34H21ClN2S/c35-26-19-28-27-13-7-8-14-32(27)38-33(28)29(20-26)31-21-30(36-34(37-31)25-11-5-2-6-12-25)24-17-15-23(16-18-24)22-9-3-1-4-10-22/h1-21H. The predicted molar refractivity (Wildman–Crippen MR) is 162 cm³/mol. The fourth-order valence-corrected chi connectivity index (χ4v) is 6.32. The number of thiophene rings is 1. The molecular weight excluding hydrogens is 504 g/mol. The first-order valence-corrected chi connectivity index (χ1v) is 13.6. The van der Waals surface area contributed by atoms with Crippen molar-refractivity contribution in [1.29, 1.82) is 0 Å². The number of nitrogens with zero attached hydrogens (tertiary/aromatic N) is 2. The van der Waals surface area contributed by atoms with Crippen molar-refractivity contribution in [3.8, 4) is 45.0 Å². The highest BCUT2D eigenvalue weighted by atomic mass is 35.5. The summed E-state index contributed by atoms with van der Waals surface area (Å²) in [5, 5.41) is 3.07.